The molecule has 2 rings (SSSR count). The largest absolute Gasteiger partial charge is 0.460 e. The van der Waals surface area contributed by atoms with Crippen molar-refractivity contribution in [2.45, 2.75) is 26.9 Å². The third-order valence-corrected chi connectivity index (χ3v) is 4.85. The highest BCUT2D eigenvalue weighted by Gasteiger charge is 2.18. The van der Waals surface area contributed by atoms with E-state index in [4.69, 9.17) is 25.4 Å². The number of hydrogen-bond acceptors (Lipinski definition) is 5. The Labute approximate surface area is 141 Å². The zero-order chi connectivity index (χ0) is 16.8. The highest BCUT2D eigenvalue weighted by molar-refractivity contribution is 7.46. The van der Waals surface area contributed by atoms with Crippen LogP contribution in [-0.2, 0) is 19.9 Å². The average molecular weight is 359 g/mol. The number of esters is 1. The quantitative estimate of drug-likeness (QED) is 0.563. The molecule has 8 heteroatoms. The fraction of sp³-hybridized carbons (Fsp3) is 0.467. The van der Waals surface area contributed by atoms with Crippen LogP contribution in [0.3, 0.4) is 0 Å². The summed E-state index contributed by atoms with van der Waals surface area (Å²) < 4.78 is 16.3. The summed E-state index contributed by atoms with van der Waals surface area (Å²) >= 11 is 6.17. The Hall–Kier alpha value is -1.20. The zero-order valence-electron chi connectivity index (χ0n) is 13.4. The molecule has 0 aliphatic carbocycles. The molecule has 0 unspecified atom stereocenters. The second-order valence-corrected chi connectivity index (χ2v) is 6.53. The van der Waals surface area contributed by atoms with Crippen LogP contribution in [0.1, 0.15) is 37.0 Å². The Bertz CT molecular complexity index is 671. The van der Waals surface area contributed by atoms with E-state index in [0.717, 1.165) is 5.56 Å². The van der Waals surface area contributed by atoms with Crippen molar-refractivity contribution in [1.82, 2.24) is 9.97 Å². The second-order valence-electron chi connectivity index (χ2n) is 4.59. The van der Waals surface area contributed by atoms with Gasteiger partial charge in [0, 0.05) is 11.2 Å². The number of halogens is 1. The molecule has 0 saturated carbocycles. The number of hydrogen-bond donors (Lipinski definition) is 1. The molecule has 0 amide bonds. The van der Waals surface area contributed by atoms with Gasteiger partial charge in [-0.15, -0.1) is 0 Å². The lowest BCUT2D eigenvalue weighted by molar-refractivity contribution is 0.0513. The standard InChI is InChI=1S/C15H20ClN2O4P/c1-4-20-15(19)14-17-12-8-11(16)7-10(13(12)18-14)9-23(21-5-2)22-6-3/h7-8H,4-6,9H2,1-3H3,(H,17,18). The van der Waals surface area contributed by atoms with Crippen LogP contribution in [-0.4, -0.2) is 35.8 Å². The van der Waals surface area contributed by atoms with Crippen molar-refractivity contribution in [3.05, 3.63) is 28.5 Å². The molecule has 2 aromatic rings. The van der Waals surface area contributed by atoms with Gasteiger partial charge in [-0.1, -0.05) is 11.6 Å². The molecule has 0 aliphatic rings. The topological polar surface area (TPSA) is 73.4 Å². The van der Waals surface area contributed by atoms with E-state index in [0.29, 0.717) is 42.0 Å². The summed E-state index contributed by atoms with van der Waals surface area (Å²) in [6.07, 6.45) is 0.557. The van der Waals surface area contributed by atoms with Gasteiger partial charge in [-0.05, 0) is 38.5 Å². The number of nitrogens with zero attached hydrogens (tertiary/aromatic N) is 1. The van der Waals surface area contributed by atoms with E-state index in [1.54, 1.807) is 13.0 Å². The number of rotatable bonds is 8. The fourth-order valence-corrected chi connectivity index (χ4v) is 3.72. The molecule has 0 bridgehead atoms. The molecule has 0 aliphatic heterocycles. The maximum absolute atomic E-state index is 11.8. The molecule has 0 fully saturated rings. The van der Waals surface area contributed by atoms with E-state index in [2.05, 4.69) is 9.97 Å². The highest BCUT2D eigenvalue weighted by Crippen LogP contribution is 2.43. The van der Waals surface area contributed by atoms with Crippen LogP contribution < -0.4 is 0 Å². The lowest BCUT2D eigenvalue weighted by Crippen LogP contribution is -2.06. The third-order valence-electron chi connectivity index (χ3n) is 2.94. The van der Waals surface area contributed by atoms with Crippen LogP contribution in [0, 0.1) is 0 Å². The van der Waals surface area contributed by atoms with E-state index >= 15 is 0 Å². The first-order valence-electron chi connectivity index (χ1n) is 7.47. The Balaban J connectivity index is 2.36. The summed E-state index contributed by atoms with van der Waals surface area (Å²) in [4.78, 5) is 19.2. The summed E-state index contributed by atoms with van der Waals surface area (Å²) in [5, 5.41) is 0.564. The monoisotopic (exact) mass is 358 g/mol. The molecule has 0 radical (unpaired) electrons. The number of fused-ring (bicyclic) bond motifs is 1. The molecule has 0 atom stereocenters. The van der Waals surface area contributed by atoms with Gasteiger partial charge in [0.2, 0.25) is 5.82 Å². The van der Waals surface area contributed by atoms with E-state index in [-0.39, 0.29) is 5.82 Å². The maximum Gasteiger partial charge on any atom is 0.374 e. The van der Waals surface area contributed by atoms with E-state index < -0.39 is 14.3 Å². The highest BCUT2D eigenvalue weighted by atomic mass is 35.5. The van der Waals surface area contributed by atoms with Crippen molar-refractivity contribution < 1.29 is 18.6 Å². The average Bonchev–Trinajstić information content (AvgIpc) is 2.92. The first kappa shape index (κ1) is 18.1. The smallest absolute Gasteiger partial charge is 0.374 e. The SMILES string of the molecule is CCOC(=O)c1nc2c(CP(OCC)OCC)cc(Cl)cc2[nH]1. The lowest BCUT2D eigenvalue weighted by atomic mass is 10.2. The molecule has 0 saturated heterocycles. The molecule has 6 nitrogen and oxygen atoms in total. The number of aromatic nitrogens is 2. The zero-order valence-corrected chi connectivity index (χ0v) is 15.0. The van der Waals surface area contributed by atoms with Crippen LogP contribution in [0.2, 0.25) is 5.02 Å². The van der Waals surface area contributed by atoms with Crippen molar-refractivity contribution in [2.75, 3.05) is 19.8 Å². The summed E-state index contributed by atoms with van der Waals surface area (Å²) in [5.74, 6) is -0.315. The van der Waals surface area contributed by atoms with Gasteiger partial charge in [0.25, 0.3) is 0 Å². The van der Waals surface area contributed by atoms with Crippen LogP contribution in [0.4, 0.5) is 0 Å². The van der Waals surface area contributed by atoms with Crippen LogP contribution in [0.25, 0.3) is 11.0 Å². The molecular formula is C15H20ClN2O4P. The summed E-state index contributed by atoms with van der Waals surface area (Å²) in [5.41, 5.74) is 2.26. The van der Waals surface area contributed by atoms with Crippen molar-refractivity contribution in [2.24, 2.45) is 0 Å². The van der Waals surface area contributed by atoms with Crippen LogP contribution >= 0.6 is 20.0 Å². The molecule has 126 valence electrons. The second kappa shape index (κ2) is 8.60. The van der Waals surface area contributed by atoms with Crippen molar-refractivity contribution in [3.63, 3.8) is 0 Å². The molecule has 1 heterocycles. The number of carbonyl (C=O) groups is 1. The number of imidazole rings is 1. The minimum atomic E-state index is -1.06. The maximum atomic E-state index is 11.8. The minimum absolute atomic E-state index is 0.169. The van der Waals surface area contributed by atoms with Crippen molar-refractivity contribution in [1.29, 1.82) is 0 Å². The summed E-state index contributed by atoms with van der Waals surface area (Å²) in [6.45, 7) is 7.04. The Morgan fingerprint density at radius 1 is 1.22 bits per heavy atom. The first-order valence-corrected chi connectivity index (χ1v) is 9.21. The van der Waals surface area contributed by atoms with Gasteiger partial charge in [-0.3, -0.25) is 0 Å². The van der Waals surface area contributed by atoms with Gasteiger partial charge < -0.3 is 18.8 Å². The molecule has 0 spiro atoms. The van der Waals surface area contributed by atoms with Crippen LogP contribution in [0.15, 0.2) is 12.1 Å². The summed E-state index contributed by atoms with van der Waals surface area (Å²) in [7, 11) is -1.06. The molecule has 23 heavy (non-hydrogen) atoms. The number of ether oxygens (including phenoxy) is 1. The van der Waals surface area contributed by atoms with E-state index in [1.807, 2.05) is 19.9 Å². The Morgan fingerprint density at radius 3 is 2.52 bits per heavy atom. The normalized spacial score (nSPS) is 11.3. The van der Waals surface area contributed by atoms with Gasteiger partial charge in [0.15, 0.2) is 8.38 Å². The number of nitrogens with one attached hydrogen (secondary N) is 1. The molecule has 1 aromatic heterocycles. The number of benzene rings is 1. The summed E-state index contributed by atoms with van der Waals surface area (Å²) in [6, 6.07) is 3.56. The van der Waals surface area contributed by atoms with Gasteiger partial charge in [0.05, 0.1) is 30.9 Å². The van der Waals surface area contributed by atoms with E-state index in [1.165, 1.54) is 0 Å². The third kappa shape index (κ3) is 4.64. The molecular weight excluding hydrogens is 339 g/mol. The van der Waals surface area contributed by atoms with Gasteiger partial charge in [-0.25, -0.2) is 9.78 Å². The van der Waals surface area contributed by atoms with Crippen molar-refractivity contribution >= 4 is 37.0 Å². The number of H-pyrrole nitrogens is 1. The van der Waals surface area contributed by atoms with Gasteiger partial charge in [-0.2, -0.15) is 0 Å². The lowest BCUT2D eigenvalue weighted by Gasteiger charge is -2.16. The minimum Gasteiger partial charge on any atom is -0.460 e. The van der Waals surface area contributed by atoms with Gasteiger partial charge in [0.1, 0.15) is 0 Å². The Kier molecular flexibility index (Phi) is 6.78. The van der Waals surface area contributed by atoms with Crippen molar-refractivity contribution in [3.8, 4) is 0 Å². The molecule has 1 aromatic carbocycles. The Morgan fingerprint density at radius 2 is 1.91 bits per heavy atom. The fourth-order valence-electron chi connectivity index (χ4n) is 2.12. The predicted octanol–water partition coefficient (Wildman–Crippen LogP) is 4.28. The van der Waals surface area contributed by atoms with Gasteiger partial charge >= 0.3 is 5.97 Å². The number of aromatic amines is 1. The predicted molar refractivity (Wildman–Crippen MR) is 90.9 cm³/mol. The molecule has 1 N–H and O–H groups in total. The first-order chi connectivity index (χ1) is 11.1. The van der Waals surface area contributed by atoms with E-state index in [9.17, 15) is 4.79 Å². The number of carbonyl (C=O) groups excluding carboxylic acids is 1. The van der Waals surface area contributed by atoms with Crippen LogP contribution in [0.5, 0.6) is 0 Å².